The summed E-state index contributed by atoms with van der Waals surface area (Å²) in [5.74, 6) is 0. The van der Waals surface area contributed by atoms with Gasteiger partial charge in [-0.1, -0.05) is 117 Å². The molecule has 0 radical (unpaired) electrons. The molecule has 0 N–H and O–H groups in total. The Morgan fingerprint density at radius 1 is 0.571 bits per heavy atom. The third kappa shape index (κ3) is 5.12. The SMILES string of the molecule is CCCCCCPCCC(c1ccccc1)(c1ccccc1)c1ccccc1. The van der Waals surface area contributed by atoms with Gasteiger partial charge in [-0.3, -0.25) is 0 Å². The zero-order valence-electron chi connectivity index (χ0n) is 17.1. The molecule has 1 heteroatoms. The lowest BCUT2D eigenvalue weighted by atomic mass is 9.68. The van der Waals surface area contributed by atoms with Gasteiger partial charge in [-0.15, -0.1) is 8.58 Å². The zero-order valence-corrected chi connectivity index (χ0v) is 18.1. The third-order valence-corrected chi connectivity index (χ3v) is 6.99. The highest BCUT2D eigenvalue weighted by Gasteiger charge is 2.35. The molecule has 0 aromatic heterocycles. The van der Waals surface area contributed by atoms with Crippen molar-refractivity contribution in [3.63, 3.8) is 0 Å². The summed E-state index contributed by atoms with van der Waals surface area (Å²) in [4.78, 5) is 0. The van der Waals surface area contributed by atoms with Gasteiger partial charge in [0.05, 0.1) is 0 Å². The molecule has 0 aliphatic rings. The largest absolute Gasteiger partial charge is 0.122 e. The molecule has 0 saturated carbocycles. The summed E-state index contributed by atoms with van der Waals surface area (Å²) in [6.45, 7) is 2.29. The molecular weight excluding hydrogens is 355 g/mol. The van der Waals surface area contributed by atoms with E-state index in [0.717, 1.165) is 15.0 Å². The fourth-order valence-electron chi connectivity index (χ4n) is 4.18. The lowest BCUT2D eigenvalue weighted by Crippen LogP contribution is -2.30. The van der Waals surface area contributed by atoms with Gasteiger partial charge < -0.3 is 0 Å². The lowest BCUT2D eigenvalue weighted by molar-refractivity contribution is 0.598. The van der Waals surface area contributed by atoms with Crippen molar-refractivity contribution in [3.05, 3.63) is 108 Å². The second-order valence-electron chi connectivity index (χ2n) is 7.56. The minimum absolute atomic E-state index is 0.0692. The molecule has 0 saturated heterocycles. The summed E-state index contributed by atoms with van der Waals surface area (Å²) in [7, 11) is 1.05. The quantitative estimate of drug-likeness (QED) is 0.180. The molecule has 3 rings (SSSR count). The molecule has 0 nitrogen and oxygen atoms in total. The van der Waals surface area contributed by atoms with Crippen molar-refractivity contribution in [1.82, 2.24) is 0 Å². The van der Waals surface area contributed by atoms with Crippen LogP contribution in [0.3, 0.4) is 0 Å². The van der Waals surface area contributed by atoms with E-state index in [1.807, 2.05) is 0 Å². The van der Waals surface area contributed by atoms with Crippen molar-refractivity contribution in [1.29, 1.82) is 0 Å². The van der Waals surface area contributed by atoms with Crippen LogP contribution in [0.2, 0.25) is 0 Å². The number of rotatable bonds is 11. The lowest BCUT2D eigenvalue weighted by Gasteiger charge is -2.36. The molecule has 28 heavy (non-hydrogen) atoms. The standard InChI is InChI=1S/C27H33P/c1-2-3-4-14-22-28-23-21-27(24-15-8-5-9-16-24,25-17-10-6-11-18-25)26-19-12-7-13-20-26/h5-13,15-20,28H,2-4,14,21-23H2,1H3. The summed E-state index contributed by atoms with van der Waals surface area (Å²) in [6, 6.07) is 33.3. The second kappa shape index (κ2) is 11.2. The number of hydrogen-bond acceptors (Lipinski definition) is 0. The molecule has 0 fully saturated rings. The summed E-state index contributed by atoms with van der Waals surface area (Å²) in [5, 5.41) is 0. The Hall–Kier alpha value is -1.91. The molecule has 0 aliphatic carbocycles. The Bertz CT molecular complexity index is 684. The number of benzene rings is 3. The average molecular weight is 389 g/mol. The van der Waals surface area contributed by atoms with Crippen LogP contribution in [0.1, 0.15) is 55.7 Å². The maximum Gasteiger partial charge on any atom is 0.0454 e. The van der Waals surface area contributed by atoms with Crippen molar-refractivity contribution < 1.29 is 0 Å². The minimum atomic E-state index is -0.0692. The van der Waals surface area contributed by atoms with Crippen LogP contribution < -0.4 is 0 Å². The van der Waals surface area contributed by atoms with E-state index >= 15 is 0 Å². The van der Waals surface area contributed by atoms with Gasteiger partial charge in [0.25, 0.3) is 0 Å². The fraction of sp³-hybridized carbons (Fsp3) is 0.333. The highest BCUT2D eigenvalue weighted by molar-refractivity contribution is 7.37. The molecule has 0 bridgehead atoms. The first-order valence-corrected chi connectivity index (χ1v) is 12.2. The molecule has 1 unspecified atom stereocenters. The van der Waals surface area contributed by atoms with Gasteiger partial charge >= 0.3 is 0 Å². The maximum absolute atomic E-state index is 2.31. The predicted octanol–water partition coefficient (Wildman–Crippen LogP) is 7.67. The minimum Gasteiger partial charge on any atom is -0.122 e. The zero-order chi connectivity index (χ0) is 19.5. The Kier molecular flexibility index (Phi) is 8.31. The van der Waals surface area contributed by atoms with Crippen LogP contribution in [0, 0.1) is 0 Å². The van der Waals surface area contributed by atoms with Gasteiger partial charge in [-0.25, -0.2) is 0 Å². The first kappa shape index (κ1) is 20.8. The number of unbranched alkanes of at least 4 members (excludes halogenated alkanes) is 3. The van der Waals surface area contributed by atoms with E-state index in [0.29, 0.717) is 0 Å². The predicted molar refractivity (Wildman–Crippen MR) is 126 cm³/mol. The maximum atomic E-state index is 2.31. The summed E-state index contributed by atoms with van der Waals surface area (Å²) >= 11 is 0. The van der Waals surface area contributed by atoms with Crippen LogP contribution in [-0.2, 0) is 5.41 Å². The normalized spacial score (nSPS) is 11.9. The molecule has 146 valence electrons. The Morgan fingerprint density at radius 2 is 1.04 bits per heavy atom. The van der Waals surface area contributed by atoms with E-state index in [1.165, 1.54) is 54.7 Å². The Balaban J connectivity index is 1.91. The summed E-state index contributed by atoms with van der Waals surface area (Å²) in [5.41, 5.74) is 4.15. The third-order valence-electron chi connectivity index (χ3n) is 5.68. The van der Waals surface area contributed by atoms with E-state index in [2.05, 4.69) is 97.9 Å². The molecule has 3 aromatic carbocycles. The Labute approximate surface area is 173 Å². The molecule has 0 spiro atoms. The van der Waals surface area contributed by atoms with Crippen molar-refractivity contribution in [3.8, 4) is 0 Å². The molecule has 0 heterocycles. The van der Waals surface area contributed by atoms with Gasteiger partial charge in [0.1, 0.15) is 0 Å². The molecule has 3 aromatic rings. The van der Waals surface area contributed by atoms with Gasteiger partial charge in [-0.05, 0) is 41.9 Å². The molecule has 0 aliphatic heterocycles. The van der Waals surface area contributed by atoms with Crippen LogP contribution in [0.25, 0.3) is 0 Å². The fourth-order valence-corrected chi connectivity index (χ4v) is 5.48. The first-order chi connectivity index (χ1) is 13.9. The van der Waals surface area contributed by atoms with Gasteiger partial charge in [0.15, 0.2) is 0 Å². The van der Waals surface area contributed by atoms with E-state index < -0.39 is 0 Å². The second-order valence-corrected chi connectivity index (χ2v) is 9.06. The first-order valence-electron chi connectivity index (χ1n) is 10.7. The van der Waals surface area contributed by atoms with Gasteiger partial charge in [0.2, 0.25) is 0 Å². The van der Waals surface area contributed by atoms with Crippen LogP contribution in [0.5, 0.6) is 0 Å². The van der Waals surface area contributed by atoms with Crippen LogP contribution >= 0.6 is 8.58 Å². The molecular formula is C27H33P. The summed E-state index contributed by atoms with van der Waals surface area (Å²) < 4.78 is 0. The van der Waals surface area contributed by atoms with Crippen molar-refractivity contribution in [2.75, 3.05) is 12.3 Å². The Morgan fingerprint density at radius 3 is 1.46 bits per heavy atom. The van der Waals surface area contributed by atoms with Crippen LogP contribution in [0.4, 0.5) is 0 Å². The smallest absolute Gasteiger partial charge is 0.0454 e. The monoisotopic (exact) mass is 388 g/mol. The van der Waals surface area contributed by atoms with Crippen molar-refractivity contribution >= 4 is 8.58 Å². The number of hydrogen-bond donors (Lipinski definition) is 0. The highest BCUT2D eigenvalue weighted by atomic mass is 31.1. The van der Waals surface area contributed by atoms with Crippen LogP contribution in [0.15, 0.2) is 91.0 Å². The van der Waals surface area contributed by atoms with E-state index in [4.69, 9.17) is 0 Å². The van der Waals surface area contributed by atoms with Gasteiger partial charge in [0, 0.05) is 5.41 Å². The van der Waals surface area contributed by atoms with E-state index in [9.17, 15) is 0 Å². The topological polar surface area (TPSA) is 0 Å². The van der Waals surface area contributed by atoms with E-state index in [1.54, 1.807) is 0 Å². The van der Waals surface area contributed by atoms with E-state index in [-0.39, 0.29) is 5.41 Å². The van der Waals surface area contributed by atoms with Crippen molar-refractivity contribution in [2.24, 2.45) is 0 Å². The molecule has 1 atom stereocenters. The highest BCUT2D eigenvalue weighted by Crippen LogP contribution is 2.43. The average Bonchev–Trinajstić information content (AvgIpc) is 2.78. The van der Waals surface area contributed by atoms with Crippen LogP contribution in [-0.4, -0.2) is 12.3 Å². The van der Waals surface area contributed by atoms with Gasteiger partial charge in [-0.2, -0.15) is 0 Å². The van der Waals surface area contributed by atoms with Crippen molar-refractivity contribution in [2.45, 2.75) is 44.4 Å². The summed E-state index contributed by atoms with van der Waals surface area (Å²) in [6.07, 6.45) is 9.32. The molecule has 0 amide bonds.